The number of thiophene rings is 1. The average molecular weight is 300 g/mol. The molecule has 0 unspecified atom stereocenters. The lowest BCUT2D eigenvalue weighted by molar-refractivity contribution is 0.0697. The molecule has 20 heavy (non-hydrogen) atoms. The number of nitrogens with one attached hydrogen (secondary N) is 2. The zero-order valence-corrected chi connectivity index (χ0v) is 12.7. The second kappa shape index (κ2) is 7.86. The predicted molar refractivity (Wildman–Crippen MR) is 78.9 cm³/mol. The molecule has 0 fully saturated rings. The van der Waals surface area contributed by atoms with Crippen molar-refractivity contribution >= 4 is 28.3 Å². The molecule has 0 aliphatic carbocycles. The van der Waals surface area contributed by atoms with Crippen LogP contribution in [-0.4, -0.2) is 37.4 Å². The summed E-state index contributed by atoms with van der Waals surface area (Å²) in [5, 5.41) is 14.8. The molecule has 0 atom stereocenters. The molecule has 1 aromatic rings. The van der Waals surface area contributed by atoms with Crippen molar-refractivity contribution in [3.8, 4) is 0 Å². The first kappa shape index (κ1) is 16.5. The molecule has 0 radical (unpaired) electrons. The van der Waals surface area contributed by atoms with E-state index in [-0.39, 0.29) is 11.6 Å². The first-order valence-corrected chi connectivity index (χ1v) is 7.16. The van der Waals surface area contributed by atoms with Crippen LogP contribution in [-0.2, 0) is 4.74 Å². The van der Waals surface area contributed by atoms with Crippen LogP contribution in [0.5, 0.6) is 0 Å². The summed E-state index contributed by atoms with van der Waals surface area (Å²) < 4.78 is 4.91. The Morgan fingerprint density at radius 3 is 2.60 bits per heavy atom. The van der Waals surface area contributed by atoms with E-state index in [0.29, 0.717) is 23.7 Å². The van der Waals surface area contributed by atoms with Crippen LogP contribution < -0.4 is 10.6 Å². The Balaban J connectivity index is 2.54. The van der Waals surface area contributed by atoms with Crippen molar-refractivity contribution in [3.05, 3.63) is 16.0 Å². The highest BCUT2D eigenvalue weighted by Gasteiger charge is 2.19. The molecule has 1 aromatic heterocycles. The summed E-state index contributed by atoms with van der Waals surface area (Å²) in [5.41, 5.74) is 0.861. The number of carbonyl (C=O) groups is 2. The Morgan fingerprint density at radius 2 is 2.00 bits per heavy atom. The number of hydrogen-bond acceptors (Lipinski definition) is 4. The molecular formula is C13H20N2O4S. The number of carbonyl (C=O) groups excluding carboxylic acids is 1. The number of hydrogen-bond donors (Lipinski definition) is 3. The van der Waals surface area contributed by atoms with E-state index in [1.165, 1.54) is 11.3 Å². The van der Waals surface area contributed by atoms with Crippen LogP contribution in [0.4, 0.5) is 9.80 Å². The number of carboxylic acid groups (broad SMARTS) is 1. The largest absolute Gasteiger partial charge is 0.478 e. The minimum Gasteiger partial charge on any atom is -0.478 e. The Bertz CT molecular complexity index is 485. The summed E-state index contributed by atoms with van der Waals surface area (Å²) in [7, 11) is 1.63. The van der Waals surface area contributed by atoms with Gasteiger partial charge in [-0.1, -0.05) is 0 Å². The molecule has 1 heterocycles. The number of anilines is 1. The van der Waals surface area contributed by atoms with Crippen LogP contribution in [0.1, 0.15) is 33.6 Å². The predicted octanol–water partition coefficient (Wildman–Crippen LogP) is 2.61. The Morgan fingerprint density at radius 1 is 1.30 bits per heavy atom. The van der Waals surface area contributed by atoms with Gasteiger partial charge < -0.3 is 15.2 Å². The zero-order chi connectivity index (χ0) is 15.1. The van der Waals surface area contributed by atoms with Crippen molar-refractivity contribution < 1.29 is 19.4 Å². The smallest absolute Gasteiger partial charge is 0.338 e. The number of aryl methyl sites for hydroxylation is 1. The van der Waals surface area contributed by atoms with Gasteiger partial charge in [0.05, 0.1) is 5.56 Å². The van der Waals surface area contributed by atoms with Crippen molar-refractivity contribution in [3.63, 3.8) is 0 Å². The van der Waals surface area contributed by atoms with Crippen molar-refractivity contribution in [2.45, 2.75) is 26.7 Å². The monoisotopic (exact) mass is 300 g/mol. The number of unbranched alkanes of at least 4 members (excludes halogenated alkanes) is 1. The highest BCUT2D eigenvalue weighted by Crippen LogP contribution is 2.32. The van der Waals surface area contributed by atoms with Gasteiger partial charge in [0, 0.05) is 25.1 Å². The molecule has 0 spiro atoms. The van der Waals surface area contributed by atoms with Crippen LogP contribution in [0, 0.1) is 13.8 Å². The first-order chi connectivity index (χ1) is 9.47. The Kier molecular flexibility index (Phi) is 6.47. The fraction of sp³-hybridized carbons (Fsp3) is 0.538. The van der Waals surface area contributed by atoms with Gasteiger partial charge in [0.15, 0.2) is 0 Å². The molecule has 0 bridgehead atoms. The summed E-state index contributed by atoms with van der Waals surface area (Å²) in [4.78, 5) is 23.8. The summed E-state index contributed by atoms with van der Waals surface area (Å²) in [5.74, 6) is -1.03. The van der Waals surface area contributed by atoms with Gasteiger partial charge in [-0.25, -0.2) is 9.59 Å². The summed E-state index contributed by atoms with van der Waals surface area (Å²) in [6.07, 6.45) is 1.68. The van der Waals surface area contributed by atoms with Gasteiger partial charge in [0.25, 0.3) is 0 Å². The molecule has 0 saturated carbocycles. The fourth-order valence-corrected chi connectivity index (χ4v) is 2.74. The molecule has 3 N–H and O–H groups in total. The maximum absolute atomic E-state index is 11.7. The Labute approximate surface area is 122 Å². The molecule has 0 saturated heterocycles. The maximum Gasteiger partial charge on any atom is 0.338 e. The molecule has 0 aliphatic heterocycles. The SMILES string of the molecule is COCCCCNC(=O)Nc1sc(C)c(C)c1C(=O)O. The topological polar surface area (TPSA) is 87.7 Å². The summed E-state index contributed by atoms with van der Waals surface area (Å²) in [6.45, 7) is 4.76. The molecule has 112 valence electrons. The quantitative estimate of drug-likeness (QED) is 0.675. The second-order valence-corrected chi connectivity index (χ2v) is 5.60. The van der Waals surface area contributed by atoms with Crippen molar-refractivity contribution in [1.29, 1.82) is 0 Å². The van der Waals surface area contributed by atoms with E-state index in [2.05, 4.69) is 10.6 Å². The number of ether oxygens (including phenoxy) is 1. The van der Waals surface area contributed by atoms with Crippen LogP contribution >= 0.6 is 11.3 Å². The van der Waals surface area contributed by atoms with Crippen LogP contribution in [0.3, 0.4) is 0 Å². The van der Waals surface area contributed by atoms with Gasteiger partial charge in [0.1, 0.15) is 5.00 Å². The van der Waals surface area contributed by atoms with E-state index in [1.807, 2.05) is 6.92 Å². The van der Waals surface area contributed by atoms with Gasteiger partial charge in [-0.05, 0) is 32.3 Å². The highest BCUT2D eigenvalue weighted by atomic mass is 32.1. The van der Waals surface area contributed by atoms with E-state index >= 15 is 0 Å². The molecule has 6 nitrogen and oxygen atoms in total. The normalized spacial score (nSPS) is 10.3. The average Bonchev–Trinajstić information content (AvgIpc) is 2.64. The highest BCUT2D eigenvalue weighted by molar-refractivity contribution is 7.16. The van der Waals surface area contributed by atoms with Crippen LogP contribution in [0.2, 0.25) is 0 Å². The summed E-state index contributed by atoms with van der Waals surface area (Å²) in [6, 6.07) is -0.383. The van der Waals surface area contributed by atoms with Gasteiger partial charge in [-0.15, -0.1) is 11.3 Å². The lowest BCUT2D eigenvalue weighted by atomic mass is 10.1. The van der Waals surface area contributed by atoms with Gasteiger partial charge >= 0.3 is 12.0 Å². The molecule has 0 aromatic carbocycles. The van der Waals surface area contributed by atoms with Crippen molar-refractivity contribution in [2.24, 2.45) is 0 Å². The zero-order valence-electron chi connectivity index (χ0n) is 11.9. The van der Waals surface area contributed by atoms with E-state index in [9.17, 15) is 9.59 Å². The fourth-order valence-electron chi connectivity index (χ4n) is 1.69. The van der Waals surface area contributed by atoms with Gasteiger partial charge in [-0.2, -0.15) is 0 Å². The number of rotatable bonds is 7. The van der Waals surface area contributed by atoms with Crippen molar-refractivity contribution in [1.82, 2.24) is 5.32 Å². The number of amides is 2. The molecule has 1 rings (SSSR count). The standard InChI is InChI=1S/C13H20N2O4S/c1-8-9(2)20-11(10(8)12(16)17)15-13(18)14-6-4-5-7-19-3/h4-7H2,1-3H3,(H,16,17)(H2,14,15,18). The van der Waals surface area contributed by atoms with E-state index in [0.717, 1.165) is 17.7 Å². The summed E-state index contributed by atoms with van der Waals surface area (Å²) >= 11 is 1.27. The van der Waals surface area contributed by atoms with E-state index < -0.39 is 5.97 Å². The third kappa shape index (κ3) is 4.50. The second-order valence-electron chi connectivity index (χ2n) is 4.37. The molecule has 0 aliphatic rings. The third-order valence-corrected chi connectivity index (χ3v) is 4.01. The van der Waals surface area contributed by atoms with Crippen LogP contribution in [0.25, 0.3) is 0 Å². The number of urea groups is 1. The lowest BCUT2D eigenvalue weighted by Crippen LogP contribution is -2.29. The molecule has 2 amide bonds. The number of carboxylic acids is 1. The minimum absolute atomic E-state index is 0.169. The Hall–Kier alpha value is -1.60. The minimum atomic E-state index is -1.03. The van der Waals surface area contributed by atoms with E-state index in [4.69, 9.17) is 9.84 Å². The van der Waals surface area contributed by atoms with Crippen LogP contribution in [0.15, 0.2) is 0 Å². The van der Waals surface area contributed by atoms with E-state index in [1.54, 1.807) is 14.0 Å². The molecule has 7 heteroatoms. The van der Waals surface area contributed by atoms with Crippen molar-refractivity contribution in [2.75, 3.05) is 25.6 Å². The first-order valence-electron chi connectivity index (χ1n) is 6.34. The lowest BCUT2D eigenvalue weighted by Gasteiger charge is -2.07. The number of methoxy groups -OCH3 is 1. The van der Waals surface area contributed by atoms with Gasteiger partial charge in [0.2, 0.25) is 0 Å². The maximum atomic E-state index is 11.7. The molecular weight excluding hydrogens is 280 g/mol. The number of aromatic carboxylic acids is 1. The van der Waals surface area contributed by atoms with Gasteiger partial charge in [-0.3, -0.25) is 5.32 Å². The third-order valence-electron chi connectivity index (χ3n) is 2.89.